The fraction of sp³-hybridized carbons (Fsp3) is 0.409. The maximum absolute atomic E-state index is 12.5. The Morgan fingerprint density at radius 3 is 2.25 bits per heavy atom. The van der Waals surface area contributed by atoms with Gasteiger partial charge in [0.15, 0.2) is 0 Å². The third-order valence-electron chi connectivity index (χ3n) is 5.08. The van der Waals surface area contributed by atoms with Crippen LogP contribution in [0, 0.1) is 0 Å². The van der Waals surface area contributed by atoms with Crippen molar-refractivity contribution in [3.05, 3.63) is 63.6 Å². The van der Waals surface area contributed by atoms with Crippen molar-refractivity contribution in [2.45, 2.75) is 32.7 Å². The van der Waals surface area contributed by atoms with Crippen LogP contribution in [0.2, 0.25) is 10.0 Å². The van der Waals surface area contributed by atoms with Crippen LogP contribution >= 0.6 is 23.2 Å². The number of halogens is 2. The van der Waals surface area contributed by atoms with Crippen LogP contribution in [0.3, 0.4) is 0 Å². The molecule has 1 heterocycles. The summed E-state index contributed by atoms with van der Waals surface area (Å²) >= 11 is 12.2. The first-order chi connectivity index (χ1) is 13.2. The van der Waals surface area contributed by atoms with E-state index in [1.54, 1.807) is 18.2 Å². The predicted molar refractivity (Wildman–Crippen MR) is 117 cm³/mol. The molecule has 2 amide bonds. The topological polar surface area (TPSA) is 35.6 Å². The van der Waals surface area contributed by atoms with Crippen molar-refractivity contribution < 1.29 is 4.79 Å². The summed E-state index contributed by atoms with van der Waals surface area (Å²) in [4.78, 5) is 16.7. The van der Waals surface area contributed by atoms with Gasteiger partial charge in [-0.1, -0.05) is 74.3 Å². The third kappa shape index (κ3) is 5.19. The van der Waals surface area contributed by atoms with E-state index >= 15 is 0 Å². The summed E-state index contributed by atoms with van der Waals surface area (Å²) in [6.07, 6.45) is 0. The number of amides is 2. The van der Waals surface area contributed by atoms with Gasteiger partial charge in [0.25, 0.3) is 0 Å². The van der Waals surface area contributed by atoms with Gasteiger partial charge in [0.2, 0.25) is 0 Å². The second-order valence-electron chi connectivity index (χ2n) is 8.24. The number of rotatable bonds is 3. The minimum atomic E-state index is -0.140. The number of carbonyl (C=O) groups excluding carboxylic acids is 1. The zero-order chi connectivity index (χ0) is 20.3. The summed E-state index contributed by atoms with van der Waals surface area (Å²) in [6, 6.07) is 13.9. The fourth-order valence-electron chi connectivity index (χ4n) is 3.27. The Kier molecular flexibility index (Phi) is 6.54. The minimum absolute atomic E-state index is 0.140. The van der Waals surface area contributed by atoms with Gasteiger partial charge >= 0.3 is 6.03 Å². The zero-order valence-corrected chi connectivity index (χ0v) is 18.1. The molecule has 2 aromatic carbocycles. The summed E-state index contributed by atoms with van der Waals surface area (Å²) in [5.41, 5.74) is 3.36. The van der Waals surface area contributed by atoms with E-state index in [0.717, 1.165) is 19.6 Å². The molecule has 28 heavy (non-hydrogen) atoms. The van der Waals surface area contributed by atoms with Crippen LogP contribution in [-0.4, -0.2) is 42.0 Å². The Hall–Kier alpha value is -1.75. The summed E-state index contributed by atoms with van der Waals surface area (Å²) in [5.74, 6) is 0. The highest BCUT2D eigenvalue weighted by molar-refractivity contribution is 6.43. The molecule has 0 bridgehead atoms. The first-order valence-electron chi connectivity index (χ1n) is 9.56. The number of hydrogen-bond donors (Lipinski definition) is 1. The number of benzene rings is 2. The van der Waals surface area contributed by atoms with Crippen molar-refractivity contribution in [2.24, 2.45) is 0 Å². The molecule has 150 valence electrons. The molecule has 2 aromatic rings. The predicted octanol–water partition coefficient (Wildman–Crippen LogP) is 5.64. The number of piperazine rings is 1. The summed E-state index contributed by atoms with van der Waals surface area (Å²) < 4.78 is 0. The van der Waals surface area contributed by atoms with Crippen LogP contribution in [-0.2, 0) is 12.0 Å². The maximum atomic E-state index is 12.5. The molecule has 1 saturated heterocycles. The highest BCUT2D eigenvalue weighted by Gasteiger charge is 2.22. The zero-order valence-electron chi connectivity index (χ0n) is 16.6. The van der Waals surface area contributed by atoms with Crippen LogP contribution < -0.4 is 5.32 Å². The second-order valence-corrected chi connectivity index (χ2v) is 9.03. The van der Waals surface area contributed by atoms with Crippen molar-refractivity contribution >= 4 is 34.9 Å². The van der Waals surface area contributed by atoms with E-state index in [2.05, 4.69) is 55.3 Å². The van der Waals surface area contributed by atoms with E-state index in [4.69, 9.17) is 23.2 Å². The highest BCUT2D eigenvalue weighted by Crippen LogP contribution is 2.29. The summed E-state index contributed by atoms with van der Waals surface area (Å²) in [5, 5.41) is 3.66. The van der Waals surface area contributed by atoms with E-state index < -0.39 is 0 Å². The first kappa shape index (κ1) is 21.0. The fourth-order valence-corrected chi connectivity index (χ4v) is 3.62. The molecular formula is C22H27Cl2N3O. The molecule has 1 aliphatic rings. The average Bonchev–Trinajstić information content (AvgIpc) is 2.66. The summed E-state index contributed by atoms with van der Waals surface area (Å²) in [6.45, 7) is 10.6. The lowest BCUT2D eigenvalue weighted by Crippen LogP contribution is -2.49. The van der Waals surface area contributed by atoms with E-state index in [1.165, 1.54) is 11.1 Å². The first-order valence-corrected chi connectivity index (χ1v) is 10.3. The van der Waals surface area contributed by atoms with Crippen LogP contribution in [0.15, 0.2) is 42.5 Å². The number of nitrogens with zero attached hydrogens (tertiary/aromatic N) is 2. The van der Waals surface area contributed by atoms with E-state index in [9.17, 15) is 4.79 Å². The number of carbonyl (C=O) groups is 1. The molecule has 4 nitrogen and oxygen atoms in total. The molecule has 0 radical (unpaired) electrons. The SMILES string of the molecule is CC(C)(C)c1ccc(CN2CCN(C(=O)Nc3cccc(Cl)c3Cl)CC2)cc1. The molecular weight excluding hydrogens is 393 g/mol. The lowest BCUT2D eigenvalue weighted by molar-refractivity contribution is 0.143. The molecule has 0 unspecified atom stereocenters. The number of urea groups is 1. The van der Waals surface area contributed by atoms with Gasteiger partial charge in [-0.15, -0.1) is 0 Å². The standard InChI is InChI=1S/C22H27Cl2N3O/c1-22(2,3)17-9-7-16(8-10-17)15-26-11-13-27(14-12-26)21(28)25-19-6-4-5-18(23)20(19)24/h4-10H,11-15H2,1-3H3,(H,25,28). The molecule has 0 saturated carbocycles. The van der Waals surface area contributed by atoms with Crippen molar-refractivity contribution in [1.29, 1.82) is 0 Å². The molecule has 0 atom stereocenters. The number of hydrogen-bond acceptors (Lipinski definition) is 2. The Morgan fingerprint density at radius 2 is 1.64 bits per heavy atom. The monoisotopic (exact) mass is 419 g/mol. The molecule has 0 spiro atoms. The van der Waals surface area contributed by atoms with Gasteiger partial charge in [-0.25, -0.2) is 4.79 Å². The normalized spacial score (nSPS) is 15.5. The van der Waals surface area contributed by atoms with Crippen LogP contribution in [0.25, 0.3) is 0 Å². The van der Waals surface area contributed by atoms with E-state index in [1.807, 2.05) is 4.90 Å². The lowest BCUT2D eigenvalue weighted by Gasteiger charge is -2.34. The third-order valence-corrected chi connectivity index (χ3v) is 5.90. The van der Waals surface area contributed by atoms with E-state index in [-0.39, 0.29) is 11.4 Å². The Balaban J connectivity index is 1.51. The van der Waals surface area contributed by atoms with Crippen molar-refractivity contribution in [3.8, 4) is 0 Å². The van der Waals surface area contributed by atoms with Gasteiger partial charge in [-0.05, 0) is 28.7 Å². The van der Waals surface area contributed by atoms with Gasteiger partial charge in [-0.3, -0.25) is 4.90 Å². The molecule has 6 heteroatoms. The van der Waals surface area contributed by atoms with E-state index in [0.29, 0.717) is 28.8 Å². The maximum Gasteiger partial charge on any atom is 0.321 e. The van der Waals surface area contributed by atoms with Crippen LogP contribution in [0.5, 0.6) is 0 Å². The highest BCUT2D eigenvalue weighted by atomic mass is 35.5. The Labute approximate surface area is 177 Å². The summed E-state index contributed by atoms with van der Waals surface area (Å²) in [7, 11) is 0. The van der Waals surface area contributed by atoms with Crippen LogP contribution in [0.4, 0.5) is 10.5 Å². The van der Waals surface area contributed by atoms with Crippen LogP contribution in [0.1, 0.15) is 31.9 Å². The Morgan fingerprint density at radius 1 is 1.00 bits per heavy atom. The van der Waals surface area contributed by atoms with Gasteiger partial charge in [0.1, 0.15) is 0 Å². The van der Waals surface area contributed by atoms with Gasteiger partial charge < -0.3 is 10.2 Å². The molecule has 1 aliphatic heterocycles. The molecule has 3 rings (SSSR count). The van der Waals surface area contributed by atoms with Crippen molar-refractivity contribution in [2.75, 3.05) is 31.5 Å². The number of nitrogens with one attached hydrogen (secondary N) is 1. The smallest absolute Gasteiger partial charge is 0.321 e. The molecule has 1 N–H and O–H groups in total. The largest absolute Gasteiger partial charge is 0.322 e. The number of anilines is 1. The van der Waals surface area contributed by atoms with Gasteiger partial charge in [-0.2, -0.15) is 0 Å². The van der Waals surface area contributed by atoms with Gasteiger partial charge in [0.05, 0.1) is 15.7 Å². The molecule has 1 fully saturated rings. The van der Waals surface area contributed by atoms with Crippen molar-refractivity contribution in [3.63, 3.8) is 0 Å². The minimum Gasteiger partial charge on any atom is -0.322 e. The van der Waals surface area contributed by atoms with Gasteiger partial charge in [0, 0.05) is 32.7 Å². The molecule has 0 aliphatic carbocycles. The van der Waals surface area contributed by atoms with Crippen molar-refractivity contribution in [1.82, 2.24) is 9.80 Å². The lowest BCUT2D eigenvalue weighted by atomic mass is 9.87. The quantitative estimate of drug-likeness (QED) is 0.698. The Bertz CT molecular complexity index is 823. The average molecular weight is 420 g/mol. The molecule has 0 aromatic heterocycles. The second kappa shape index (κ2) is 8.73.